The third kappa shape index (κ3) is 1.50. The van der Waals surface area contributed by atoms with E-state index in [9.17, 15) is 4.79 Å². The SMILES string of the molecule is Cc1nn(C)cc1N1CCNCC1=O. The van der Waals surface area contributed by atoms with Crippen LogP contribution in [0.15, 0.2) is 6.20 Å². The number of hydrogen-bond acceptors (Lipinski definition) is 3. The Labute approximate surface area is 82.7 Å². The first-order valence-corrected chi connectivity index (χ1v) is 4.70. The van der Waals surface area contributed by atoms with E-state index in [1.807, 2.05) is 20.2 Å². The Bertz CT molecular complexity index is 358. The molecule has 0 unspecified atom stereocenters. The lowest BCUT2D eigenvalue weighted by atomic mass is 10.3. The van der Waals surface area contributed by atoms with Gasteiger partial charge in [0.05, 0.1) is 17.9 Å². The molecule has 5 heteroatoms. The molecule has 0 aromatic carbocycles. The Morgan fingerprint density at radius 2 is 2.36 bits per heavy atom. The van der Waals surface area contributed by atoms with Crippen molar-refractivity contribution in [3.63, 3.8) is 0 Å². The number of rotatable bonds is 1. The maximum Gasteiger partial charge on any atom is 0.241 e. The Morgan fingerprint density at radius 3 is 2.93 bits per heavy atom. The molecule has 0 saturated carbocycles. The molecule has 0 radical (unpaired) electrons. The van der Waals surface area contributed by atoms with Crippen molar-refractivity contribution in [3.05, 3.63) is 11.9 Å². The highest BCUT2D eigenvalue weighted by atomic mass is 16.2. The van der Waals surface area contributed by atoms with Gasteiger partial charge < -0.3 is 10.2 Å². The predicted octanol–water partition coefficient (Wildman–Crippen LogP) is -0.335. The van der Waals surface area contributed by atoms with Gasteiger partial charge in [0.15, 0.2) is 0 Å². The van der Waals surface area contributed by atoms with Crippen LogP contribution in [-0.4, -0.2) is 35.3 Å². The molecule has 2 rings (SSSR count). The van der Waals surface area contributed by atoms with Crippen molar-refractivity contribution >= 4 is 11.6 Å². The molecule has 0 aliphatic carbocycles. The minimum atomic E-state index is 0.118. The number of piperazine rings is 1. The molecule has 2 heterocycles. The molecule has 0 bridgehead atoms. The summed E-state index contributed by atoms with van der Waals surface area (Å²) in [7, 11) is 1.86. The van der Waals surface area contributed by atoms with E-state index in [1.165, 1.54) is 0 Å². The van der Waals surface area contributed by atoms with E-state index < -0.39 is 0 Å². The monoisotopic (exact) mass is 194 g/mol. The van der Waals surface area contributed by atoms with Gasteiger partial charge in [0, 0.05) is 26.3 Å². The first-order valence-electron chi connectivity index (χ1n) is 4.70. The van der Waals surface area contributed by atoms with Crippen molar-refractivity contribution in [1.29, 1.82) is 0 Å². The number of carbonyl (C=O) groups is 1. The van der Waals surface area contributed by atoms with Gasteiger partial charge in [-0.2, -0.15) is 5.10 Å². The Hall–Kier alpha value is -1.36. The lowest BCUT2D eigenvalue weighted by molar-refractivity contribution is -0.118. The van der Waals surface area contributed by atoms with E-state index in [2.05, 4.69) is 10.4 Å². The molecule has 1 aromatic heterocycles. The average molecular weight is 194 g/mol. The fraction of sp³-hybridized carbons (Fsp3) is 0.556. The summed E-state index contributed by atoms with van der Waals surface area (Å²) in [6, 6.07) is 0. The van der Waals surface area contributed by atoms with Crippen molar-refractivity contribution in [2.24, 2.45) is 7.05 Å². The predicted molar refractivity (Wildman–Crippen MR) is 53.2 cm³/mol. The van der Waals surface area contributed by atoms with Gasteiger partial charge in [-0.15, -0.1) is 0 Å². The number of nitrogens with zero attached hydrogens (tertiary/aromatic N) is 3. The fourth-order valence-electron chi connectivity index (χ4n) is 1.71. The van der Waals surface area contributed by atoms with Crippen LogP contribution >= 0.6 is 0 Å². The van der Waals surface area contributed by atoms with E-state index in [1.54, 1.807) is 9.58 Å². The van der Waals surface area contributed by atoms with Gasteiger partial charge in [-0.3, -0.25) is 9.48 Å². The molecule has 1 aliphatic heterocycles. The summed E-state index contributed by atoms with van der Waals surface area (Å²) in [4.78, 5) is 13.4. The van der Waals surface area contributed by atoms with E-state index in [4.69, 9.17) is 0 Å². The summed E-state index contributed by atoms with van der Waals surface area (Å²) in [5.74, 6) is 0.118. The van der Waals surface area contributed by atoms with Crippen molar-refractivity contribution in [3.8, 4) is 0 Å². The molecule has 5 nitrogen and oxygen atoms in total. The number of aryl methyl sites for hydroxylation is 2. The van der Waals surface area contributed by atoms with Crippen LogP contribution in [0.3, 0.4) is 0 Å². The third-order valence-electron chi connectivity index (χ3n) is 2.37. The van der Waals surface area contributed by atoms with Crippen molar-refractivity contribution in [1.82, 2.24) is 15.1 Å². The summed E-state index contributed by atoms with van der Waals surface area (Å²) >= 11 is 0. The fourth-order valence-corrected chi connectivity index (χ4v) is 1.71. The zero-order valence-corrected chi connectivity index (χ0v) is 8.45. The maximum atomic E-state index is 11.6. The quantitative estimate of drug-likeness (QED) is 0.665. The molecule has 1 aromatic rings. The minimum absolute atomic E-state index is 0.118. The van der Waals surface area contributed by atoms with Crippen molar-refractivity contribution in [2.45, 2.75) is 6.92 Å². The normalized spacial score (nSPS) is 17.6. The molecule has 0 spiro atoms. The van der Waals surface area contributed by atoms with Crippen LogP contribution < -0.4 is 10.2 Å². The van der Waals surface area contributed by atoms with Crippen LogP contribution in [0, 0.1) is 6.92 Å². The molecule has 0 atom stereocenters. The van der Waals surface area contributed by atoms with Crippen LogP contribution in [0.5, 0.6) is 0 Å². The Kier molecular flexibility index (Phi) is 2.25. The van der Waals surface area contributed by atoms with Crippen LogP contribution in [0.1, 0.15) is 5.69 Å². The molecule has 1 saturated heterocycles. The summed E-state index contributed by atoms with van der Waals surface area (Å²) in [5, 5.41) is 7.27. The summed E-state index contributed by atoms with van der Waals surface area (Å²) in [6.07, 6.45) is 1.89. The lowest BCUT2D eigenvalue weighted by Crippen LogP contribution is -2.48. The molecule has 1 amide bonds. The second-order valence-electron chi connectivity index (χ2n) is 3.50. The smallest absolute Gasteiger partial charge is 0.241 e. The number of carbonyl (C=O) groups excluding carboxylic acids is 1. The van der Waals surface area contributed by atoms with E-state index in [0.29, 0.717) is 6.54 Å². The average Bonchev–Trinajstić information content (AvgIpc) is 2.46. The van der Waals surface area contributed by atoms with Gasteiger partial charge in [-0.25, -0.2) is 0 Å². The van der Waals surface area contributed by atoms with Crippen molar-refractivity contribution < 1.29 is 4.79 Å². The molecular weight excluding hydrogens is 180 g/mol. The number of aromatic nitrogens is 2. The Morgan fingerprint density at radius 1 is 1.57 bits per heavy atom. The van der Waals surface area contributed by atoms with Crippen LogP contribution in [0.2, 0.25) is 0 Å². The van der Waals surface area contributed by atoms with Gasteiger partial charge in [0.2, 0.25) is 5.91 Å². The van der Waals surface area contributed by atoms with Crippen LogP contribution in [0.4, 0.5) is 5.69 Å². The Balaban J connectivity index is 2.28. The summed E-state index contributed by atoms with van der Waals surface area (Å²) in [5.41, 5.74) is 1.83. The van der Waals surface area contributed by atoms with Gasteiger partial charge in [-0.1, -0.05) is 0 Å². The van der Waals surface area contributed by atoms with Crippen LogP contribution in [-0.2, 0) is 11.8 Å². The van der Waals surface area contributed by atoms with E-state index >= 15 is 0 Å². The standard InChI is InChI=1S/C9H14N4O/c1-7-8(6-12(2)11-7)13-4-3-10-5-9(13)14/h6,10H,3-5H2,1-2H3. The van der Waals surface area contributed by atoms with Crippen LogP contribution in [0.25, 0.3) is 0 Å². The molecule has 76 valence electrons. The lowest BCUT2D eigenvalue weighted by Gasteiger charge is -2.26. The van der Waals surface area contributed by atoms with Crippen molar-refractivity contribution in [2.75, 3.05) is 24.5 Å². The molecule has 1 fully saturated rings. The zero-order chi connectivity index (χ0) is 10.1. The summed E-state index contributed by atoms with van der Waals surface area (Å²) < 4.78 is 1.74. The van der Waals surface area contributed by atoms with Gasteiger partial charge >= 0.3 is 0 Å². The highest BCUT2D eigenvalue weighted by Gasteiger charge is 2.21. The van der Waals surface area contributed by atoms with Gasteiger partial charge in [0.1, 0.15) is 0 Å². The topological polar surface area (TPSA) is 50.2 Å². The second-order valence-corrected chi connectivity index (χ2v) is 3.50. The van der Waals surface area contributed by atoms with E-state index in [-0.39, 0.29) is 5.91 Å². The number of nitrogens with one attached hydrogen (secondary N) is 1. The minimum Gasteiger partial charge on any atom is -0.307 e. The first kappa shape index (κ1) is 9.21. The first-order chi connectivity index (χ1) is 6.68. The number of anilines is 1. The second kappa shape index (κ2) is 3.42. The number of amides is 1. The third-order valence-corrected chi connectivity index (χ3v) is 2.37. The van der Waals surface area contributed by atoms with Gasteiger partial charge in [-0.05, 0) is 6.92 Å². The van der Waals surface area contributed by atoms with Gasteiger partial charge in [0.25, 0.3) is 0 Å². The summed E-state index contributed by atoms with van der Waals surface area (Å²) in [6.45, 7) is 3.92. The zero-order valence-electron chi connectivity index (χ0n) is 8.45. The van der Waals surface area contributed by atoms with E-state index in [0.717, 1.165) is 24.5 Å². The molecule has 1 N–H and O–H groups in total. The maximum absolute atomic E-state index is 11.6. The largest absolute Gasteiger partial charge is 0.307 e. The molecule has 1 aliphatic rings. The molecule has 14 heavy (non-hydrogen) atoms. The highest BCUT2D eigenvalue weighted by Crippen LogP contribution is 2.18. The highest BCUT2D eigenvalue weighted by molar-refractivity contribution is 5.95. The number of hydrogen-bond donors (Lipinski definition) is 1. The molecular formula is C9H14N4O.